The third-order valence-corrected chi connectivity index (χ3v) is 8.44. The highest BCUT2D eigenvalue weighted by Crippen LogP contribution is 2.48. The Bertz CT molecular complexity index is 1010. The number of nitrogens with zero attached hydrogens (tertiary/aromatic N) is 3. The monoisotopic (exact) mass is 404 g/mol. The number of piperidine rings is 1. The third kappa shape index (κ3) is 2.98. The van der Waals surface area contributed by atoms with Crippen LogP contribution < -0.4 is 10.6 Å². The van der Waals surface area contributed by atoms with Gasteiger partial charge in [0.05, 0.1) is 5.39 Å². The van der Waals surface area contributed by atoms with Gasteiger partial charge < -0.3 is 10.6 Å². The summed E-state index contributed by atoms with van der Waals surface area (Å²) in [6, 6.07) is 11.9. The molecule has 4 heterocycles. The molecule has 3 aromatic rings. The van der Waals surface area contributed by atoms with Gasteiger partial charge in [0.25, 0.3) is 0 Å². The molecule has 3 aliphatic rings. The number of hydrogen-bond donors (Lipinski definition) is 1. The molecule has 5 heteroatoms. The summed E-state index contributed by atoms with van der Waals surface area (Å²) in [6.45, 7) is 0. The summed E-state index contributed by atoms with van der Waals surface area (Å²) in [5.41, 5.74) is 9.28. The van der Waals surface area contributed by atoms with Crippen molar-refractivity contribution in [3.63, 3.8) is 0 Å². The lowest BCUT2D eigenvalue weighted by molar-refractivity contribution is 0.170. The minimum Gasteiger partial charge on any atom is -0.350 e. The van der Waals surface area contributed by atoms with Gasteiger partial charge in [-0.05, 0) is 62.8 Å². The van der Waals surface area contributed by atoms with Crippen LogP contribution in [0.4, 0.5) is 5.82 Å². The van der Waals surface area contributed by atoms with Gasteiger partial charge in [-0.1, -0.05) is 30.3 Å². The van der Waals surface area contributed by atoms with Crippen molar-refractivity contribution in [3.8, 4) is 11.1 Å². The van der Waals surface area contributed by atoms with Crippen LogP contribution in [-0.2, 0) is 0 Å². The minimum absolute atomic E-state index is 0.141. The number of rotatable bonds is 4. The number of hydrogen-bond acceptors (Lipinski definition) is 5. The van der Waals surface area contributed by atoms with E-state index in [1.54, 1.807) is 17.7 Å². The SMILES string of the molecule is NC1(CC2CC3CCC(C2)N3c2ncnc3scc(-c4ccccc4)c23)CCC1. The summed E-state index contributed by atoms with van der Waals surface area (Å²) in [6.07, 6.45) is 11.9. The maximum atomic E-state index is 6.60. The maximum absolute atomic E-state index is 6.60. The Hall–Kier alpha value is -1.98. The van der Waals surface area contributed by atoms with Gasteiger partial charge in [-0.2, -0.15) is 0 Å². The number of nitrogens with two attached hydrogens (primary N) is 1. The van der Waals surface area contributed by atoms with Crippen molar-refractivity contribution in [1.29, 1.82) is 0 Å². The lowest BCUT2D eigenvalue weighted by Crippen LogP contribution is -2.51. The molecule has 2 aliphatic heterocycles. The van der Waals surface area contributed by atoms with Gasteiger partial charge in [0.1, 0.15) is 17.0 Å². The number of aromatic nitrogens is 2. The quantitative estimate of drug-likeness (QED) is 0.634. The van der Waals surface area contributed by atoms with E-state index in [0.29, 0.717) is 12.1 Å². The highest BCUT2D eigenvalue weighted by molar-refractivity contribution is 7.17. The Kier molecular flexibility index (Phi) is 4.17. The third-order valence-electron chi connectivity index (χ3n) is 7.55. The van der Waals surface area contributed by atoms with E-state index in [0.717, 1.165) is 16.6 Å². The second-order valence-corrected chi connectivity index (χ2v) is 10.3. The van der Waals surface area contributed by atoms with Crippen molar-refractivity contribution < 1.29 is 0 Å². The Morgan fingerprint density at radius 2 is 1.83 bits per heavy atom. The van der Waals surface area contributed by atoms with Crippen LogP contribution >= 0.6 is 11.3 Å². The molecule has 3 fully saturated rings. The molecular formula is C24H28N4S. The van der Waals surface area contributed by atoms with Crippen molar-refractivity contribution in [3.05, 3.63) is 42.0 Å². The van der Waals surface area contributed by atoms with Gasteiger partial charge in [-0.25, -0.2) is 9.97 Å². The van der Waals surface area contributed by atoms with Crippen molar-refractivity contribution >= 4 is 27.4 Å². The van der Waals surface area contributed by atoms with Crippen LogP contribution in [0.3, 0.4) is 0 Å². The first-order chi connectivity index (χ1) is 14.2. The van der Waals surface area contributed by atoms with E-state index in [1.807, 2.05) is 0 Å². The molecule has 1 aliphatic carbocycles. The summed E-state index contributed by atoms with van der Waals surface area (Å²) >= 11 is 1.73. The van der Waals surface area contributed by atoms with Crippen LogP contribution in [0.15, 0.2) is 42.0 Å². The maximum Gasteiger partial charge on any atom is 0.141 e. The molecule has 0 spiro atoms. The van der Waals surface area contributed by atoms with Gasteiger partial charge in [0.15, 0.2) is 0 Å². The van der Waals surface area contributed by atoms with E-state index in [9.17, 15) is 0 Å². The highest BCUT2D eigenvalue weighted by atomic mass is 32.1. The number of thiophene rings is 1. The van der Waals surface area contributed by atoms with Crippen LogP contribution in [0, 0.1) is 5.92 Å². The first kappa shape index (κ1) is 17.8. The zero-order valence-electron chi connectivity index (χ0n) is 16.8. The molecule has 4 nitrogen and oxygen atoms in total. The summed E-state index contributed by atoms with van der Waals surface area (Å²) in [7, 11) is 0. The molecule has 29 heavy (non-hydrogen) atoms. The molecule has 2 aromatic heterocycles. The number of fused-ring (bicyclic) bond motifs is 3. The van der Waals surface area contributed by atoms with Crippen molar-refractivity contribution in [2.45, 2.75) is 69.0 Å². The van der Waals surface area contributed by atoms with E-state index in [1.165, 1.54) is 67.9 Å². The zero-order valence-corrected chi connectivity index (χ0v) is 17.6. The molecule has 2 bridgehead atoms. The van der Waals surface area contributed by atoms with Crippen LogP contribution in [0.5, 0.6) is 0 Å². The summed E-state index contributed by atoms with van der Waals surface area (Å²) in [5.74, 6) is 1.94. The van der Waals surface area contributed by atoms with Crippen molar-refractivity contribution in [2.75, 3.05) is 4.90 Å². The van der Waals surface area contributed by atoms with Crippen LogP contribution in [-0.4, -0.2) is 27.6 Å². The van der Waals surface area contributed by atoms with Crippen molar-refractivity contribution in [1.82, 2.24) is 9.97 Å². The fourth-order valence-electron chi connectivity index (χ4n) is 6.10. The van der Waals surface area contributed by atoms with Gasteiger partial charge in [-0.3, -0.25) is 0 Å². The standard InChI is InChI=1S/C24H28N4S/c25-24(9-4-10-24)13-16-11-18-7-8-19(12-16)28(18)22-21-20(17-5-2-1-3-6-17)14-29-23(21)27-15-26-22/h1-3,5-6,14-16,18-19H,4,7-13,25H2. The highest BCUT2D eigenvalue weighted by Gasteiger charge is 2.45. The second kappa shape index (κ2) is 6.78. The predicted molar refractivity (Wildman–Crippen MR) is 120 cm³/mol. The van der Waals surface area contributed by atoms with E-state index >= 15 is 0 Å². The van der Waals surface area contributed by atoms with Gasteiger partial charge in [0, 0.05) is 28.6 Å². The van der Waals surface area contributed by atoms with Gasteiger partial charge in [-0.15, -0.1) is 11.3 Å². The second-order valence-electron chi connectivity index (χ2n) is 9.44. The molecule has 2 N–H and O–H groups in total. The van der Waals surface area contributed by atoms with Crippen LogP contribution in [0.1, 0.15) is 51.4 Å². The van der Waals surface area contributed by atoms with Crippen LogP contribution in [0.2, 0.25) is 0 Å². The Labute approximate surface area is 176 Å². The minimum atomic E-state index is 0.141. The summed E-state index contributed by atoms with van der Waals surface area (Å²) in [4.78, 5) is 13.2. The molecule has 6 rings (SSSR count). The molecule has 150 valence electrons. The van der Waals surface area contributed by atoms with Crippen molar-refractivity contribution in [2.24, 2.45) is 11.7 Å². The average Bonchev–Trinajstić information content (AvgIpc) is 3.26. The van der Waals surface area contributed by atoms with Crippen LogP contribution in [0.25, 0.3) is 21.3 Å². The lowest BCUT2D eigenvalue weighted by atomic mass is 9.70. The molecule has 0 amide bonds. The Balaban J connectivity index is 1.35. The molecule has 2 saturated heterocycles. The normalized spacial score (nSPS) is 27.9. The molecule has 2 atom stereocenters. The smallest absolute Gasteiger partial charge is 0.141 e. The Morgan fingerprint density at radius 1 is 1.07 bits per heavy atom. The first-order valence-corrected chi connectivity index (χ1v) is 11.9. The van der Waals surface area contributed by atoms with Gasteiger partial charge in [0.2, 0.25) is 0 Å². The number of benzene rings is 1. The largest absolute Gasteiger partial charge is 0.350 e. The zero-order chi connectivity index (χ0) is 19.4. The molecule has 0 radical (unpaired) electrons. The number of anilines is 1. The fraction of sp³-hybridized carbons (Fsp3) is 0.500. The summed E-state index contributed by atoms with van der Waals surface area (Å²) in [5, 5.41) is 3.50. The Morgan fingerprint density at radius 3 is 2.52 bits per heavy atom. The van der Waals surface area contributed by atoms with E-state index in [-0.39, 0.29) is 5.54 Å². The predicted octanol–water partition coefficient (Wildman–Crippen LogP) is 5.38. The van der Waals surface area contributed by atoms with E-state index in [2.05, 4.69) is 45.6 Å². The molecule has 1 aromatic carbocycles. The van der Waals surface area contributed by atoms with E-state index < -0.39 is 0 Å². The average molecular weight is 405 g/mol. The fourth-order valence-corrected chi connectivity index (χ4v) is 7.01. The molecular weight excluding hydrogens is 376 g/mol. The topological polar surface area (TPSA) is 55.0 Å². The molecule has 1 saturated carbocycles. The van der Waals surface area contributed by atoms with Gasteiger partial charge >= 0.3 is 0 Å². The lowest BCUT2D eigenvalue weighted by Gasteiger charge is -2.45. The first-order valence-electron chi connectivity index (χ1n) is 11.0. The summed E-state index contributed by atoms with van der Waals surface area (Å²) < 4.78 is 0. The van der Waals surface area contributed by atoms with E-state index in [4.69, 9.17) is 10.7 Å². The molecule has 2 unspecified atom stereocenters.